The fraction of sp³-hybridized carbons (Fsp3) is 0.111. The van der Waals surface area contributed by atoms with Gasteiger partial charge in [-0.1, -0.05) is 28.6 Å². The summed E-state index contributed by atoms with van der Waals surface area (Å²) in [5, 5.41) is 23.9. The van der Waals surface area contributed by atoms with E-state index in [0.717, 1.165) is 11.8 Å². The first-order valence-electron chi connectivity index (χ1n) is 8.26. The quantitative estimate of drug-likeness (QED) is 0.402. The lowest BCUT2D eigenvalue weighted by Gasteiger charge is -2.10. The van der Waals surface area contributed by atoms with E-state index in [9.17, 15) is 24.5 Å². The van der Waals surface area contributed by atoms with Crippen molar-refractivity contribution in [1.82, 2.24) is 10.3 Å². The van der Waals surface area contributed by atoms with E-state index >= 15 is 0 Å². The number of aromatic amines is 1. The molecule has 4 N–H and O–H groups in total. The highest BCUT2D eigenvalue weighted by Gasteiger charge is 2.31. The van der Waals surface area contributed by atoms with Gasteiger partial charge in [0.05, 0.1) is 17.0 Å². The second kappa shape index (κ2) is 8.46. The molecule has 150 valence electrons. The van der Waals surface area contributed by atoms with Gasteiger partial charge < -0.3 is 11.1 Å². The van der Waals surface area contributed by atoms with Crippen LogP contribution in [0.1, 0.15) is 11.1 Å². The second-order valence-corrected chi connectivity index (χ2v) is 6.82. The predicted octanol–water partition coefficient (Wildman–Crippen LogP) is 1.05. The van der Waals surface area contributed by atoms with Crippen LogP contribution in [0.5, 0.6) is 0 Å². The van der Waals surface area contributed by atoms with E-state index in [1.54, 1.807) is 6.07 Å². The molecule has 0 saturated carbocycles. The summed E-state index contributed by atoms with van der Waals surface area (Å²) in [6.45, 7) is 0. The minimum atomic E-state index is -0.815. The minimum absolute atomic E-state index is 0.00792. The molecule has 2 aromatic heterocycles. The maximum Gasteiger partial charge on any atom is 0.435 e. The number of rotatable bonds is 5. The summed E-state index contributed by atoms with van der Waals surface area (Å²) < 4.78 is 19.6. The molecule has 3 aromatic rings. The molecule has 0 fully saturated rings. The molecule has 0 bridgehead atoms. The highest BCUT2D eigenvalue weighted by Crippen LogP contribution is 2.33. The Hall–Kier alpha value is -4.16. The van der Waals surface area contributed by atoms with Crippen LogP contribution in [-0.2, 0) is 11.8 Å². The Morgan fingerprint density at radius 2 is 2.07 bits per heavy atom. The minimum Gasteiger partial charge on any atom is -0.383 e. The van der Waals surface area contributed by atoms with E-state index in [1.165, 1.54) is 29.9 Å². The fourth-order valence-corrected chi connectivity index (χ4v) is 3.43. The van der Waals surface area contributed by atoms with E-state index in [-0.39, 0.29) is 44.7 Å². The molecule has 0 saturated heterocycles. The van der Waals surface area contributed by atoms with Gasteiger partial charge in [0.25, 0.3) is 0 Å². The molecule has 1 amide bonds. The number of thioether (sulfide) groups is 1. The number of nitrogens with one attached hydrogen (secondary N) is 2. The Kier molecular flexibility index (Phi) is 5.80. The third kappa shape index (κ3) is 3.85. The Morgan fingerprint density at radius 3 is 2.67 bits per heavy atom. The molecule has 0 radical (unpaired) electrons. The maximum absolute atomic E-state index is 13.7. The lowest BCUT2D eigenvalue weighted by Crippen LogP contribution is -2.34. The number of aryl methyl sites for hydroxylation is 1. The number of H-pyrrole nitrogens is 1. The first kappa shape index (κ1) is 20.6. The van der Waals surface area contributed by atoms with Crippen LogP contribution in [0.3, 0.4) is 0 Å². The normalized spacial score (nSPS) is 10.3. The number of nitrogens with zero attached hydrogens (tertiary/aromatic N) is 4. The van der Waals surface area contributed by atoms with Gasteiger partial charge in [0.2, 0.25) is 5.91 Å². The Morgan fingerprint density at radius 1 is 1.37 bits per heavy atom. The number of carbonyl (C=O) groups excluding carboxylic acids is 1. The average Bonchev–Trinajstić information content (AvgIpc) is 3.05. The van der Waals surface area contributed by atoms with Gasteiger partial charge in [-0.15, -0.1) is 0 Å². The number of benzene rings is 1. The third-order valence-electron chi connectivity index (χ3n) is 3.94. The fourth-order valence-electron chi connectivity index (χ4n) is 2.63. The van der Waals surface area contributed by atoms with Gasteiger partial charge in [-0.05, 0) is 17.4 Å². The monoisotopic (exact) mass is 426 g/mol. The number of pyridine rings is 1. The van der Waals surface area contributed by atoms with Gasteiger partial charge in [-0.3, -0.25) is 9.32 Å². The summed E-state index contributed by atoms with van der Waals surface area (Å²) in [5.74, 6) is -1.59. The molecule has 3 rings (SSSR count). The largest absolute Gasteiger partial charge is 0.435 e. The number of amides is 1. The van der Waals surface area contributed by atoms with Crippen LogP contribution in [-0.4, -0.2) is 21.9 Å². The SMILES string of the molecule is C[n+]1[nH]oc(=O)c1-c1c(C#N)c(N)nc(SCC(=O)Nc2ccccc2F)c1C#N. The van der Waals surface area contributed by atoms with Gasteiger partial charge in [-0.2, -0.15) is 10.5 Å². The van der Waals surface area contributed by atoms with Gasteiger partial charge >= 0.3 is 11.3 Å². The summed E-state index contributed by atoms with van der Waals surface area (Å²) in [7, 11) is 1.45. The van der Waals surface area contributed by atoms with Gasteiger partial charge in [0, 0.05) is 0 Å². The number of anilines is 2. The van der Waals surface area contributed by atoms with Crippen molar-refractivity contribution in [3.8, 4) is 23.4 Å². The molecule has 0 aliphatic carbocycles. The van der Waals surface area contributed by atoms with Crippen LogP contribution in [0.25, 0.3) is 11.3 Å². The summed E-state index contributed by atoms with van der Waals surface area (Å²) >= 11 is 0.852. The van der Waals surface area contributed by atoms with Crippen LogP contribution in [0.2, 0.25) is 0 Å². The number of nitrogen functional groups attached to an aromatic ring is 1. The second-order valence-electron chi connectivity index (χ2n) is 5.86. The van der Waals surface area contributed by atoms with E-state index < -0.39 is 17.3 Å². The highest BCUT2D eigenvalue weighted by molar-refractivity contribution is 8.00. The molecular weight excluding hydrogens is 413 g/mol. The molecule has 0 aliphatic rings. The lowest BCUT2D eigenvalue weighted by molar-refractivity contribution is -0.730. The average molecular weight is 426 g/mol. The van der Waals surface area contributed by atoms with Crippen molar-refractivity contribution in [2.45, 2.75) is 5.03 Å². The Bertz CT molecular complexity index is 1290. The number of hydrogen-bond acceptors (Lipinski definition) is 8. The van der Waals surface area contributed by atoms with Crippen LogP contribution >= 0.6 is 11.8 Å². The number of hydrogen-bond donors (Lipinski definition) is 3. The van der Waals surface area contributed by atoms with E-state index in [2.05, 4.69) is 15.6 Å². The smallest absolute Gasteiger partial charge is 0.383 e. The first-order valence-corrected chi connectivity index (χ1v) is 9.24. The number of nitriles is 2. The van der Waals surface area contributed by atoms with Crippen LogP contribution < -0.4 is 21.4 Å². The zero-order chi connectivity index (χ0) is 21.8. The summed E-state index contributed by atoms with van der Waals surface area (Å²) in [6.07, 6.45) is 0. The predicted molar refractivity (Wildman–Crippen MR) is 103 cm³/mol. The van der Waals surface area contributed by atoms with E-state index in [0.29, 0.717) is 0 Å². The van der Waals surface area contributed by atoms with Crippen molar-refractivity contribution in [2.75, 3.05) is 16.8 Å². The van der Waals surface area contributed by atoms with Crippen molar-refractivity contribution in [3.63, 3.8) is 0 Å². The highest BCUT2D eigenvalue weighted by atomic mass is 32.2. The molecule has 1 aromatic carbocycles. The van der Waals surface area contributed by atoms with E-state index in [1.807, 2.05) is 12.1 Å². The molecule has 12 heteroatoms. The van der Waals surface area contributed by atoms with Crippen molar-refractivity contribution in [1.29, 1.82) is 10.5 Å². The van der Waals surface area contributed by atoms with Crippen LogP contribution in [0, 0.1) is 28.5 Å². The molecule has 0 atom stereocenters. The Labute approximate surface area is 172 Å². The molecule has 30 heavy (non-hydrogen) atoms. The molecule has 0 aliphatic heterocycles. The Balaban J connectivity index is 1.98. The molecule has 0 unspecified atom stereocenters. The zero-order valence-corrected chi connectivity index (χ0v) is 16.2. The topological polar surface area (TPSA) is 165 Å². The summed E-state index contributed by atoms with van der Waals surface area (Å²) in [4.78, 5) is 28.3. The summed E-state index contributed by atoms with van der Waals surface area (Å²) in [6, 6.07) is 9.40. The maximum atomic E-state index is 13.7. The van der Waals surface area contributed by atoms with Crippen molar-refractivity contribution >= 4 is 29.2 Å². The number of nitrogens with two attached hydrogens (primary N) is 1. The number of aromatic nitrogens is 3. The number of halogens is 1. The van der Waals surface area contributed by atoms with Crippen molar-refractivity contribution < 1.29 is 18.4 Å². The third-order valence-corrected chi connectivity index (χ3v) is 4.92. The number of carbonyl (C=O) groups is 1. The van der Waals surface area contributed by atoms with Gasteiger partial charge in [0.1, 0.15) is 39.9 Å². The van der Waals surface area contributed by atoms with Crippen LogP contribution in [0.15, 0.2) is 38.6 Å². The molecular formula is C18H13FN7O3S+. The lowest BCUT2D eigenvalue weighted by atomic mass is 10.0. The standard InChI is InChI=1S/C18H12FN7O3S/c1-26-15(18(28)29-25-26)14-9(6-20)16(22)24-17(10(14)7-21)30-8-13(27)23-12-5-3-2-4-11(12)19/h2-5H,8H2,1H3,(H3-,22,23,24,25,27,28)/p+1. The van der Waals surface area contributed by atoms with Crippen molar-refractivity contribution in [3.05, 3.63) is 51.6 Å². The van der Waals surface area contributed by atoms with Gasteiger partial charge in [0.15, 0.2) is 7.05 Å². The molecule has 2 heterocycles. The van der Waals surface area contributed by atoms with Crippen LogP contribution in [0.4, 0.5) is 15.9 Å². The zero-order valence-electron chi connectivity index (χ0n) is 15.4. The molecule has 0 spiro atoms. The van der Waals surface area contributed by atoms with Crippen molar-refractivity contribution in [2.24, 2.45) is 7.05 Å². The molecule has 10 nitrogen and oxygen atoms in total. The van der Waals surface area contributed by atoms with E-state index in [4.69, 9.17) is 10.3 Å². The van der Waals surface area contributed by atoms with Gasteiger partial charge in [-0.25, -0.2) is 14.2 Å². The summed E-state index contributed by atoms with van der Waals surface area (Å²) in [5.41, 5.74) is 4.60. The first-order chi connectivity index (χ1) is 14.4. The number of para-hydroxylation sites is 1.